The van der Waals surface area contributed by atoms with Crippen LogP contribution >= 0.6 is 0 Å². The Morgan fingerprint density at radius 3 is 2.61 bits per heavy atom. The number of fused-ring (bicyclic) bond motifs is 1. The maximum atomic E-state index is 12.1. The third-order valence-electron chi connectivity index (χ3n) is 6.63. The fourth-order valence-electron chi connectivity index (χ4n) is 4.83. The summed E-state index contributed by atoms with van der Waals surface area (Å²) < 4.78 is 11.8. The van der Waals surface area contributed by atoms with E-state index in [9.17, 15) is 4.79 Å². The van der Waals surface area contributed by atoms with Crippen molar-refractivity contribution in [3.05, 3.63) is 65.7 Å². The third-order valence-corrected chi connectivity index (χ3v) is 6.63. The molecule has 0 atom stereocenters. The van der Waals surface area contributed by atoms with E-state index in [2.05, 4.69) is 22.0 Å². The Labute approximate surface area is 183 Å². The van der Waals surface area contributed by atoms with E-state index in [0.717, 1.165) is 84.8 Å². The largest absolute Gasteiger partial charge is 0.460 e. The molecule has 160 valence electrons. The highest BCUT2D eigenvalue weighted by Crippen LogP contribution is 2.41. The lowest BCUT2D eigenvalue weighted by Crippen LogP contribution is -2.35. The predicted molar refractivity (Wildman–Crippen MR) is 120 cm³/mol. The quantitative estimate of drug-likeness (QED) is 0.568. The van der Waals surface area contributed by atoms with Crippen molar-refractivity contribution < 1.29 is 13.9 Å². The number of rotatable bonds is 6. The number of nitrogens with zero attached hydrogens (tertiary/aromatic N) is 2. The monoisotopic (exact) mass is 416 g/mol. The van der Waals surface area contributed by atoms with Gasteiger partial charge in [0.2, 0.25) is 0 Å². The van der Waals surface area contributed by atoms with Crippen LogP contribution in [-0.4, -0.2) is 49.0 Å². The number of methoxy groups -OCH3 is 1. The normalized spacial score (nSPS) is 17.3. The van der Waals surface area contributed by atoms with E-state index in [4.69, 9.17) is 9.15 Å². The number of likely N-dealkylation sites (tertiary alicyclic amines) is 1. The van der Waals surface area contributed by atoms with Gasteiger partial charge in [-0.25, -0.2) is 0 Å². The molecule has 0 amide bonds. The second-order valence-electron chi connectivity index (χ2n) is 8.53. The van der Waals surface area contributed by atoms with Gasteiger partial charge >= 0.3 is 0 Å². The lowest BCUT2D eigenvalue weighted by atomic mass is 9.93. The van der Waals surface area contributed by atoms with E-state index >= 15 is 0 Å². The summed E-state index contributed by atoms with van der Waals surface area (Å²) in [6, 6.07) is 12.4. The number of benzene rings is 1. The Hall–Kier alpha value is -2.76. The summed E-state index contributed by atoms with van der Waals surface area (Å²) in [6.07, 6.45) is 7.25. The lowest BCUT2D eigenvalue weighted by molar-refractivity contribution is 0.0994. The molecule has 0 saturated carbocycles. The van der Waals surface area contributed by atoms with Crippen LogP contribution in [-0.2, 0) is 11.2 Å². The Bertz CT molecular complexity index is 1070. The first-order valence-electron chi connectivity index (χ1n) is 11.1. The van der Waals surface area contributed by atoms with Crippen LogP contribution in [0.15, 0.2) is 53.2 Å². The lowest BCUT2D eigenvalue weighted by Gasteiger charge is -2.30. The average molecular weight is 417 g/mol. The highest BCUT2D eigenvalue weighted by atomic mass is 16.5. The highest BCUT2D eigenvalue weighted by Gasteiger charge is 2.26. The van der Waals surface area contributed by atoms with Crippen LogP contribution in [0.4, 0.5) is 0 Å². The van der Waals surface area contributed by atoms with Gasteiger partial charge in [0.15, 0.2) is 5.78 Å². The molecule has 0 N–H and O–H groups in total. The van der Waals surface area contributed by atoms with Crippen LogP contribution in [0.1, 0.15) is 46.9 Å². The molecular weight excluding hydrogens is 388 g/mol. The average Bonchev–Trinajstić information content (AvgIpc) is 3.43. The topological polar surface area (TPSA) is 55.6 Å². The van der Waals surface area contributed by atoms with Crippen molar-refractivity contribution in [2.24, 2.45) is 0 Å². The number of ketones is 1. The number of furan rings is 1. The smallest absolute Gasteiger partial charge is 0.163 e. The van der Waals surface area contributed by atoms with Crippen LogP contribution in [0.2, 0.25) is 0 Å². The molecule has 0 spiro atoms. The van der Waals surface area contributed by atoms with Gasteiger partial charge in [-0.1, -0.05) is 12.1 Å². The zero-order chi connectivity index (χ0) is 21.2. The molecule has 5 nitrogen and oxygen atoms in total. The van der Waals surface area contributed by atoms with Gasteiger partial charge in [-0.3, -0.25) is 9.78 Å². The number of Topliss-reactive ketones (excluding diaryl/α,β-unsaturated/α-hetero) is 1. The van der Waals surface area contributed by atoms with Crippen molar-refractivity contribution in [1.29, 1.82) is 0 Å². The van der Waals surface area contributed by atoms with Crippen molar-refractivity contribution in [1.82, 2.24) is 9.88 Å². The molecule has 2 aliphatic rings. The second-order valence-corrected chi connectivity index (χ2v) is 8.53. The summed E-state index contributed by atoms with van der Waals surface area (Å²) in [7, 11) is 1.76. The molecule has 0 bridgehead atoms. The predicted octanol–water partition coefficient (Wildman–Crippen LogP) is 4.96. The fourth-order valence-corrected chi connectivity index (χ4v) is 4.83. The maximum Gasteiger partial charge on any atom is 0.163 e. The number of hydrogen-bond donors (Lipinski definition) is 0. The van der Waals surface area contributed by atoms with Crippen molar-refractivity contribution in [2.75, 3.05) is 33.4 Å². The van der Waals surface area contributed by atoms with E-state index < -0.39 is 0 Å². The van der Waals surface area contributed by atoms with Crippen LogP contribution in [0.3, 0.4) is 0 Å². The van der Waals surface area contributed by atoms with Crippen molar-refractivity contribution >= 4 is 5.78 Å². The van der Waals surface area contributed by atoms with E-state index in [0.29, 0.717) is 12.3 Å². The number of aryl methyl sites for hydroxylation is 1. The van der Waals surface area contributed by atoms with E-state index in [-0.39, 0.29) is 5.78 Å². The number of aromatic nitrogens is 1. The first-order valence-corrected chi connectivity index (χ1v) is 11.1. The summed E-state index contributed by atoms with van der Waals surface area (Å²) in [4.78, 5) is 18.7. The van der Waals surface area contributed by atoms with E-state index in [1.165, 1.54) is 0 Å². The molecule has 1 aliphatic carbocycles. The third kappa shape index (κ3) is 4.08. The number of carbonyl (C=O) groups is 1. The zero-order valence-corrected chi connectivity index (χ0v) is 18.0. The van der Waals surface area contributed by atoms with Crippen LogP contribution in [0.5, 0.6) is 0 Å². The minimum absolute atomic E-state index is 0.247. The number of pyridine rings is 1. The SMILES string of the molecule is COCCN1CCC(c2cc(-c3ccncc3)c(-c3ccc4c(c3)CCC4=O)o2)CC1. The minimum Gasteiger partial charge on any atom is -0.460 e. The van der Waals surface area contributed by atoms with Crippen molar-refractivity contribution in [3.8, 4) is 22.5 Å². The van der Waals surface area contributed by atoms with Gasteiger partial charge in [-0.15, -0.1) is 0 Å². The van der Waals surface area contributed by atoms with Crippen molar-refractivity contribution in [2.45, 2.75) is 31.6 Å². The Kier molecular flexibility index (Phi) is 5.70. The molecule has 1 fully saturated rings. The van der Waals surface area contributed by atoms with Gasteiger partial charge in [0, 0.05) is 55.1 Å². The summed E-state index contributed by atoms with van der Waals surface area (Å²) in [5.41, 5.74) is 5.25. The maximum absolute atomic E-state index is 12.1. The second kappa shape index (κ2) is 8.77. The molecule has 5 rings (SSSR count). The van der Waals surface area contributed by atoms with Gasteiger partial charge < -0.3 is 14.1 Å². The molecule has 2 aromatic heterocycles. The first-order chi connectivity index (χ1) is 15.2. The fraction of sp³-hybridized carbons (Fsp3) is 0.385. The van der Waals surface area contributed by atoms with Crippen molar-refractivity contribution in [3.63, 3.8) is 0 Å². The van der Waals surface area contributed by atoms with Gasteiger partial charge in [-0.2, -0.15) is 0 Å². The number of carbonyl (C=O) groups excluding carboxylic acids is 1. The Balaban J connectivity index is 1.47. The van der Waals surface area contributed by atoms with Crippen LogP contribution in [0, 0.1) is 0 Å². The molecule has 0 unspecified atom stereocenters. The van der Waals surface area contributed by atoms with Gasteiger partial charge in [0.1, 0.15) is 11.5 Å². The summed E-state index contributed by atoms with van der Waals surface area (Å²) in [6.45, 7) is 3.90. The van der Waals surface area contributed by atoms with Gasteiger partial charge in [0.05, 0.1) is 6.61 Å². The molecule has 1 aliphatic heterocycles. The summed E-state index contributed by atoms with van der Waals surface area (Å²) in [5, 5.41) is 0. The minimum atomic E-state index is 0.247. The molecule has 1 saturated heterocycles. The van der Waals surface area contributed by atoms with E-state index in [1.807, 2.05) is 36.7 Å². The van der Waals surface area contributed by atoms with E-state index in [1.54, 1.807) is 7.11 Å². The van der Waals surface area contributed by atoms with Gasteiger partial charge in [-0.05, 0) is 67.7 Å². The number of ether oxygens (including phenoxy) is 1. The van der Waals surface area contributed by atoms with Crippen LogP contribution < -0.4 is 0 Å². The standard InChI is InChI=1S/C26H28N2O3/c1-30-15-14-28-12-8-19(9-13-28)25-17-23(18-6-10-27-11-7-18)26(31-25)21-2-4-22-20(16-21)3-5-24(22)29/h2,4,6-7,10-11,16-17,19H,3,5,8-9,12-15H2,1H3. The Morgan fingerprint density at radius 1 is 1.03 bits per heavy atom. The van der Waals surface area contributed by atoms with Crippen LogP contribution in [0.25, 0.3) is 22.5 Å². The first kappa shape index (κ1) is 20.2. The molecule has 1 aromatic carbocycles. The molecule has 3 heterocycles. The number of hydrogen-bond acceptors (Lipinski definition) is 5. The summed E-state index contributed by atoms with van der Waals surface area (Å²) in [5.74, 6) is 2.62. The molecule has 31 heavy (non-hydrogen) atoms. The summed E-state index contributed by atoms with van der Waals surface area (Å²) >= 11 is 0. The Morgan fingerprint density at radius 2 is 1.84 bits per heavy atom. The number of piperidine rings is 1. The zero-order valence-electron chi connectivity index (χ0n) is 18.0. The molecule has 5 heteroatoms. The molecule has 0 radical (unpaired) electrons. The highest BCUT2D eigenvalue weighted by molar-refractivity contribution is 6.01. The molecule has 3 aromatic rings. The molecular formula is C26H28N2O3. The van der Waals surface area contributed by atoms with Gasteiger partial charge in [0.25, 0.3) is 0 Å².